The third kappa shape index (κ3) is 4.13. The van der Waals surface area contributed by atoms with Crippen LogP contribution in [0.4, 0.5) is 5.95 Å². The lowest BCUT2D eigenvalue weighted by Crippen LogP contribution is -2.33. The molecule has 1 aromatic rings. The van der Waals surface area contributed by atoms with Gasteiger partial charge in [-0.1, -0.05) is 13.8 Å². The predicted molar refractivity (Wildman–Crippen MR) is 80.6 cm³/mol. The predicted octanol–water partition coefficient (Wildman–Crippen LogP) is 1.62. The molecule has 0 aliphatic carbocycles. The minimum absolute atomic E-state index is 0.0524. The molecule has 0 aromatic carbocycles. The van der Waals surface area contributed by atoms with Crippen molar-refractivity contribution in [3.8, 4) is 0 Å². The lowest BCUT2D eigenvalue weighted by atomic mass is 10.2. The van der Waals surface area contributed by atoms with Gasteiger partial charge >= 0.3 is 0 Å². The Morgan fingerprint density at radius 2 is 1.65 bits per heavy atom. The number of rotatable bonds is 6. The molecule has 1 rings (SSSR count). The molecule has 0 saturated heterocycles. The first kappa shape index (κ1) is 16.8. The summed E-state index contributed by atoms with van der Waals surface area (Å²) in [6.07, 6.45) is 1.58. The number of hydrogen-bond donors (Lipinski definition) is 1. The summed E-state index contributed by atoms with van der Waals surface area (Å²) in [5.41, 5.74) is 1.80. The van der Waals surface area contributed by atoms with Crippen molar-refractivity contribution in [1.29, 1.82) is 0 Å². The van der Waals surface area contributed by atoms with Crippen molar-refractivity contribution < 1.29 is 8.42 Å². The van der Waals surface area contributed by atoms with Crippen LogP contribution in [-0.4, -0.2) is 40.6 Å². The van der Waals surface area contributed by atoms with Crippen LogP contribution in [0.2, 0.25) is 0 Å². The molecule has 0 fully saturated rings. The molecule has 20 heavy (non-hydrogen) atoms. The Hall–Kier alpha value is -1.24. The molecule has 1 heterocycles. The van der Waals surface area contributed by atoms with E-state index in [1.807, 2.05) is 13.8 Å². The van der Waals surface area contributed by atoms with Crippen LogP contribution in [0, 0.1) is 0 Å². The maximum atomic E-state index is 12.0. The third-order valence-electron chi connectivity index (χ3n) is 3.10. The Labute approximate surface area is 121 Å². The molecule has 0 amide bonds. The van der Waals surface area contributed by atoms with Crippen LogP contribution >= 0.6 is 0 Å². The van der Waals surface area contributed by atoms with Gasteiger partial charge in [0, 0.05) is 6.54 Å². The van der Waals surface area contributed by atoms with Crippen LogP contribution in [0.25, 0.3) is 0 Å². The second-order valence-corrected chi connectivity index (χ2v) is 8.46. The minimum Gasteiger partial charge on any atom is -0.352 e. The van der Waals surface area contributed by atoms with Crippen LogP contribution in [0.3, 0.4) is 0 Å². The zero-order valence-electron chi connectivity index (χ0n) is 12.9. The number of nitrogens with one attached hydrogen (secondary N) is 1. The van der Waals surface area contributed by atoms with Gasteiger partial charge in [-0.05, 0) is 33.6 Å². The molecule has 0 spiro atoms. The average Bonchev–Trinajstić information content (AvgIpc) is 2.37. The summed E-state index contributed by atoms with van der Waals surface area (Å²) in [7, 11) is -3.13. The van der Waals surface area contributed by atoms with Gasteiger partial charge in [0.2, 0.25) is 5.95 Å². The first-order valence-corrected chi connectivity index (χ1v) is 8.55. The van der Waals surface area contributed by atoms with E-state index < -0.39 is 14.6 Å². The topological polar surface area (TPSA) is 84.8 Å². The Balaban J connectivity index is 2.68. The summed E-state index contributed by atoms with van der Waals surface area (Å²) >= 11 is 0. The summed E-state index contributed by atoms with van der Waals surface area (Å²) in [6, 6.07) is 0. The number of nitrogens with zero attached hydrogens (tertiary/aromatic N) is 3. The van der Waals surface area contributed by atoms with E-state index in [-0.39, 0.29) is 12.3 Å². The fourth-order valence-electron chi connectivity index (χ4n) is 1.62. The summed E-state index contributed by atoms with van der Waals surface area (Å²) in [4.78, 5) is 4.36. The Kier molecular flexibility index (Phi) is 5.44. The van der Waals surface area contributed by atoms with Crippen LogP contribution in [0.15, 0.2) is 0 Å². The van der Waals surface area contributed by atoms with E-state index in [4.69, 9.17) is 0 Å². The zero-order chi connectivity index (χ0) is 15.4. The van der Waals surface area contributed by atoms with E-state index in [0.717, 1.165) is 24.2 Å². The summed E-state index contributed by atoms with van der Waals surface area (Å²) in [6.45, 7) is 9.41. The Morgan fingerprint density at radius 1 is 1.05 bits per heavy atom. The van der Waals surface area contributed by atoms with Crippen LogP contribution in [-0.2, 0) is 22.7 Å². The van der Waals surface area contributed by atoms with Crippen LogP contribution < -0.4 is 5.32 Å². The summed E-state index contributed by atoms with van der Waals surface area (Å²) in [5.74, 6) is 0.444. The van der Waals surface area contributed by atoms with E-state index in [0.29, 0.717) is 5.95 Å². The smallest absolute Gasteiger partial charge is 0.243 e. The number of anilines is 1. The molecule has 0 saturated carbocycles. The molecule has 0 atom stereocenters. The van der Waals surface area contributed by atoms with Crippen molar-refractivity contribution >= 4 is 15.8 Å². The second kappa shape index (κ2) is 6.47. The van der Waals surface area contributed by atoms with Crippen LogP contribution in [0.1, 0.15) is 46.0 Å². The average molecular weight is 300 g/mol. The van der Waals surface area contributed by atoms with Crippen LogP contribution in [0.5, 0.6) is 0 Å². The van der Waals surface area contributed by atoms with Gasteiger partial charge in [-0.25, -0.2) is 13.4 Å². The van der Waals surface area contributed by atoms with Crippen molar-refractivity contribution in [2.45, 2.75) is 52.2 Å². The Morgan fingerprint density at radius 3 is 2.15 bits per heavy atom. The minimum atomic E-state index is -3.13. The highest BCUT2D eigenvalue weighted by Crippen LogP contribution is 2.15. The van der Waals surface area contributed by atoms with E-state index in [9.17, 15) is 8.42 Å². The standard InChI is InChI=1S/C13H24N4O2S/c1-6-10-11(7-2)16-17-12(15-10)14-8-9-20(18,19)13(3,4)5/h6-9H2,1-5H3,(H,14,15,17). The van der Waals surface area contributed by atoms with Crippen molar-refractivity contribution in [3.05, 3.63) is 11.4 Å². The van der Waals surface area contributed by atoms with Gasteiger partial charge in [-0.3, -0.25) is 0 Å². The quantitative estimate of drug-likeness (QED) is 0.859. The van der Waals surface area contributed by atoms with Crippen molar-refractivity contribution in [2.75, 3.05) is 17.6 Å². The molecular weight excluding hydrogens is 276 g/mol. The van der Waals surface area contributed by atoms with Crippen molar-refractivity contribution in [2.24, 2.45) is 0 Å². The van der Waals surface area contributed by atoms with Gasteiger partial charge in [0.25, 0.3) is 0 Å². The van der Waals surface area contributed by atoms with Gasteiger partial charge in [0.15, 0.2) is 9.84 Å². The zero-order valence-corrected chi connectivity index (χ0v) is 13.7. The summed E-state index contributed by atoms with van der Waals surface area (Å²) in [5, 5.41) is 11.0. The van der Waals surface area contributed by atoms with E-state index >= 15 is 0 Å². The normalized spacial score (nSPS) is 12.4. The maximum Gasteiger partial charge on any atom is 0.243 e. The first-order chi connectivity index (χ1) is 9.21. The van der Waals surface area contributed by atoms with Crippen molar-refractivity contribution in [3.63, 3.8) is 0 Å². The molecule has 0 unspecified atom stereocenters. The van der Waals surface area contributed by atoms with E-state index in [1.165, 1.54) is 0 Å². The molecular formula is C13H24N4O2S. The molecule has 7 heteroatoms. The number of hydrogen-bond acceptors (Lipinski definition) is 6. The number of aromatic nitrogens is 3. The molecule has 1 N–H and O–H groups in total. The molecule has 0 aliphatic heterocycles. The van der Waals surface area contributed by atoms with E-state index in [2.05, 4.69) is 20.5 Å². The summed E-state index contributed by atoms with van der Waals surface area (Å²) < 4.78 is 23.2. The molecule has 114 valence electrons. The monoisotopic (exact) mass is 300 g/mol. The number of sulfone groups is 1. The van der Waals surface area contributed by atoms with E-state index in [1.54, 1.807) is 20.8 Å². The molecule has 6 nitrogen and oxygen atoms in total. The number of aryl methyl sites for hydroxylation is 2. The van der Waals surface area contributed by atoms with Crippen molar-refractivity contribution in [1.82, 2.24) is 15.2 Å². The Bertz CT molecular complexity index is 550. The van der Waals surface area contributed by atoms with Gasteiger partial charge in [0.1, 0.15) is 0 Å². The molecule has 0 radical (unpaired) electrons. The van der Waals surface area contributed by atoms with Gasteiger partial charge < -0.3 is 5.32 Å². The highest BCUT2D eigenvalue weighted by Gasteiger charge is 2.28. The largest absolute Gasteiger partial charge is 0.352 e. The SMILES string of the molecule is CCc1nnc(NCCS(=O)(=O)C(C)(C)C)nc1CC. The fourth-order valence-corrected chi connectivity index (χ4v) is 2.60. The maximum absolute atomic E-state index is 12.0. The third-order valence-corrected chi connectivity index (χ3v) is 5.70. The molecule has 0 aliphatic rings. The lowest BCUT2D eigenvalue weighted by molar-refractivity contribution is 0.560. The van der Waals surface area contributed by atoms with Gasteiger partial charge in [0.05, 0.1) is 21.9 Å². The molecule has 1 aromatic heterocycles. The van der Waals surface area contributed by atoms with Gasteiger partial charge in [-0.15, -0.1) is 5.10 Å². The molecule has 0 bridgehead atoms. The first-order valence-electron chi connectivity index (χ1n) is 6.90. The lowest BCUT2D eigenvalue weighted by Gasteiger charge is -2.19. The fraction of sp³-hybridized carbons (Fsp3) is 0.769. The second-order valence-electron chi connectivity index (χ2n) is 5.59. The highest BCUT2D eigenvalue weighted by molar-refractivity contribution is 7.92. The highest BCUT2D eigenvalue weighted by atomic mass is 32.2. The van der Waals surface area contributed by atoms with Gasteiger partial charge in [-0.2, -0.15) is 5.10 Å².